The highest BCUT2D eigenvalue weighted by Gasteiger charge is 2.28. The van der Waals surface area contributed by atoms with Crippen molar-refractivity contribution in [2.75, 3.05) is 7.11 Å². The van der Waals surface area contributed by atoms with Crippen LogP contribution in [0, 0.1) is 19.8 Å². The van der Waals surface area contributed by atoms with E-state index >= 15 is 0 Å². The zero-order valence-electron chi connectivity index (χ0n) is 19.8. The summed E-state index contributed by atoms with van der Waals surface area (Å²) in [7, 11) is 5.39. The SMILES string of the molecule is COc1ccc2c(c1)n(CC1CCC(c3nnc(-c4c(C)nn(C)c4C)o3)CC1)c(=O)n2C. The Balaban J connectivity index is 1.30. The molecule has 0 spiro atoms. The van der Waals surface area contributed by atoms with Gasteiger partial charge in [-0.15, -0.1) is 10.2 Å². The average molecular weight is 451 g/mol. The molecule has 9 heteroatoms. The molecular formula is C24H30N6O3. The highest BCUT2D eigenvalue weighted by Crippen LogP contribution is 2.37. The van der Waals surface area contributed by atoms with Gasteiger partial charge in [-0.1, -0.05) is 0 Å². The molecule has 174 valence electrons. The summed E-state index contributed by atoms with van der Waals surface area (Å²) in [5.74, 6) is 2.70. The molecule has 5 rings (SSSR count). The molecule has 0 atom stereocenters. The molecule has 1 aromatic carbocycles. The first-order valence-corrected chi connectivity index (χ1v) is 11.4. The number of imidazole rings is 1. The molecule has 0 aliphatic heterocycles. The van der Waals surface area contributed by atoms with Gasteiger partial charge in [0.25, 0.3) is 5.89 Å². The minimum atomic E-state index is 0.0177. The molecule has 1 saturated carbocycles. The number of aromatic nitrogens is 6. The molecular weight excluding hydrogens is 420 g/mol. The standard InChI is InChI=1S/C24H30N6O3/c1-14-21(15(2)29(4)27-14)23-26-25-22(33-23)17-8-6-16(7-9-17)13-30-20-12-18(32-5)10-11-19(20)28(3)24(30)31/h10-12,16-17H,6-9,13H2,1-5H3. The van der Waals surface area contributed by atoms with Gasteiger partial charge in [0, 0.05) is 38.3 Å². The van der Waals surface area contributed by atoms with E-state index in [1.807, 2.05) is 55.4 Å². The summed E-state index contributed by atoms with van der Waals surface area (Å²) in [5, 5.41) is 13.1. The van der Waals surface area contributed by atoms with Crippen molar-refractivity contribution in [3.05, 3.63) is 46.0 Å². The molecule has 0 unspecified atom stereocenters. The van der Waals surface area contributed by atoms with E-state index in [1.165, 1.54) is 0 Å². The summed E-state index contributed by atoms with van der Waals surface area (Å²) >= 11 is 0. The molecule has 3 heterocycles. The normalized spacial score (nSPS) is 18.8. The maximum atomic E-state index is 12.9. The number of rotatable bonds is 5. The van der Waals surface area contributed by atoms with Gasteiger partial charge in [-0.25, -0.2) is 4.79 Å². The summed E-state index contributed by atoms with van der Waals surface area (Å²) in [5.41, 5.74) is 4.70. The van der Waals surface area contributed by atoms with E-state index in [9.17, 15) is 4.79 Å². The molecule has 33 heavy (non-hydrogen) atoms. The number of fused-ring (bicyclic) bond motifs is 1. The van der Waals surface area contributed by atoms with Crippen molar-refractivity contribution in [3.63, 3.8) is 0 Å². The lowest BCUT2D eigenvalue weighted by atomic mass is 9.82. The van der Waals surface area contributed by atoms with Gasteiger partial charge in [0.05, 0.1) is 29.4 Å². The maximum absolute atomic E-state index is 12.9. The number of methoxy groups -OCH3 is 1. The summed E-state index contributed by atoms with van der Waals surface area (Å²) in [6.07, 6.45) is 3.97. The third kappa shape index (κ3) is 3.65. The Morgan fingerprint density at radius 3 is 2.52 bits per heavy atom. The van der Waals surface area contributed by atoms with Gasteiger partial charge in [-0.05, 0) is 57.6 Å². The van der Waals surface area contributed by atoms with Crippen LogP contribution in [0.3, 0.4) is 0 Å². The van der Waals surface area contributed by atoms with E-state index in [1.54, 1.807) is 11.7 Å². The third-order valence-electron chi connectivity index (χ3n) is 7.15. The van der Waals surface area contributed by atoms with Crippen molar-refractivity contribution in [2.45, 2.75) is 52.0 Å². The zero-order chi connectivity index (χ0) is 23.3. The second kappa shape index (κ2) is 8.20. The van der Waals surface area contributed by atoms with Crippen LogP contribution in [0.5, 0.6) is 5.75 Å². The van der Waals surface area contributed by atoms with Crippen molar-refractivity contribution in [1.29, 1.82) is 0 Å². The van der Waals surface area contributed by atoms with Crippen LogP contribution in [-0.4, -0.2) is 36.2 Å². The average Bonchev–Trinajstić information content (AvgIpc) is 3.46. The van der Waals surface area contributed by atoms with Gasteiger partial charge in [-0.3, -0.25) is 13.8 Å². The van der Waals surface area contributed by atoms with Gasteiger partial charge >= 0.3 is 5.69 Å². The van der Waals surface area contributed by atoms with Gasteiger partial charge < -0.3 is 9.15 Å². The summed E-state index contributed by atoms with van der Waals surface area (Å²) in [6.45, 7) is 4.68. The van der Waals surface area contributed by atoms with E-state index < -0.39 is 0 Å². The van der Waals surface area contributed by atoms with Gasteiger partial charge in [0.15, 0.2) is 0 Å². The fraction of sp³-hybridized carbons (Fsp3) is 0.500. The fourth-order valence-corrected chi connectivity index (χ4v) is 5.13. The van der Waals surface area contributed by atoms with Gasteiger partial charge in [0.2, 0.25) is 5.89 Å². The molecule has 9 nitrogen and oxygen atoms in total. The highest BCUT2D eigenvalue weighted by molar-refractivity contribution is 5.77. The molecule has 3 aromatic heterocycles. The Morgan fingerprint density at radius 2 is 1.85 bits per heavy atom. The second-order valence-electron chi connectivity index (χ2n) is 9.14. The Morgan fingerprint density at radius 1 is 1.09 bits per heavy atom. The van der Waals surface area contributed by atoms with Crippen LogP contribution < -0.4 is 10.4 Å². The number of hydrogen-bond donors (Lipinski definition) is 0. The maximum Gasteiger partial charge on any atom is 0.328 e. The smallest absolute Gasteiger partial charge is 0.328 e. The van der Waals surface area contributed by atoms with E-state index in [0.717, 1.165) is 59.4 Å². The lowest BCUT2D eigenvalue weighted by Gasteiger charge is -2.26. The predicted molar refractivity (Wildman–Crippen MR) is 124 cm³/mol. The van der Waals surface area contributed by atoms with E-state index in [2.05, 4.69) is 15.3 Å². The minimum absolute atomic E-state index is 0.0177. The van der Waals surface area contributed by atoms with Crippen molar-refractivity contribution in [3.8, 4) is 17.2 Å². The van der Waals surface area contributed by atoms with Crippen molar-refractivity contribution >= 4 is 11.0 Å². The number of hydrogen-bond acceptors (Lipinski definition) is 6. The van der Waals surface area contributed by atoms with Crippen LogP contribution in [-0.2, 0) is 20.6 Å². The van der Waals surface area contributed by atoms with Crippen molar-refractivity contribution < 1.29 is 9.15 Å². The van der Waals surface area contributed by atoms with Gasteiger partial charge in [-0.2, -0.15) is 5.10 Å². The van der Waals surface area contributed by atoms with E-state index in [0.29, 0.717) is 24.2 Å². The van der Waals surface area contributed by atoms with Crippen LogP contribution in [0.15, 0.2) is 27.4 Å². The number of nitrogens with zero attached hydrogens (tertiary/aromatic N) is 6. The van der Waals surface area contributed by atoms with Crippen LogP contribution >= 0.6 is 0 Å². The van der Waals surface area contributed by atoms with Crippen LogP contribution in [0.1, 0.15) is 48.9 Å². The summed E-state index contributed by atoms with van der Waals surface area (Å²) in [4.78, 5) is 12.9. The Bertz CT molecular complexity index is 1370. The molecule has 0 bridgehead atoms. The summed E-state index contributed by atoms with van der Waals surface area (Å²) < 4.78 is 16.9. The van der Waals surface area contributed by atoms with Crippen molar-refractivity contribution in [2.24, 2.45) is 20.0 Å². The minimum Gasteiger partial charge on any atom is -0.497 e. The van der Waals surface area contributed by atoms with Crippen LogP contribution in [0.2, 0.25) is 0 Å². The lowest BCUT2D eigenvalue weighted by Crippen LogP contribution is -2.27. The molecule has 4 aromatic rings. The molecule has 0 radical (unpaired) electrons. The molecule has 1 aliphatic rings. The van der Waals surface area contributed by atoms with E-state index in [4.69, 9.17) is 9.15 Å². The Hall–Kier alpha value is -3.36. The largest absolute Gasteiger partial charge is 0.497 e. The lowest BCUT2D eigenvalue weighted by molar-refractivity contribution is 0.270. The zero-order valence-corrected chi connectivity index (χ0v) is 19.8. The first-order valence-electron chi connectivity index (χ1n) is 11.4. The predicted octanol–water partition coefficient (Wildman–Crippen LogP) is 3.72. The first kappa shape index (κ1) is 21.5. The Labute approximate surface area is 192 Å². The molecule has 1 aliphatic carbocycles. The quantitative estimate of drug-likeness (QED) is 0.460. The van der Waals surface area contributed by atoms with Gasteiger partial charge in [0.1, 0.15) is 5.75 Å². The number of benzene rings is 1. The topological polar surface area (TPSA) is 92.9 Å². The molecule has 1 fully saturated rings. The first-order chi connectivity index (χ1) is 15.9. The second-order valence-corrected chi connectivity index (χ2v) is 9.14. The fourth-order valence-electron chi connectivity index (χ4n) is 5.13. The van der Waals surface area contributed by atoms with Crippen LogP contribution in [0.25, 0.3) is 22.5 Å². The molecule has 0 N–H and O–H groups in total. The monoisotopic (exact) mass is 450 g/mol. The number of aryl methyl sites for hydroxylation is 3. The molecule has 0 saturated heterocycles. The number of ether oxygens (including phenoxy) is 1. The van der Waals surface area contributed by atoms with Crippen molar-refractivity contribution in [1.82, 2.24) is 29.1 Å². The summed E-state index contributed by atoms with van der Waals surface area (Å²) in [6, 6.07) is 5.79. The molecule has 0 amide bonds. The Kier molecular flexibility index (Phi) is 5.34. The third-order valence-corrected chi connectivity index (χ3v) is 7.15. The van der Waals surface area contributed by atoms with E-state index in [-0.39, 0.29) is 11.6 Å². The van der Waals surface area contributed by atoms with Crippen LogP contribution in [0.4, 0.5) is 0 Å². The highest BCUT2D eigenvalue weighted by atomic mass is 16.5.